The molecule has 0 radical (unpaired) electrons. The first-order valence-electron chi connectivity index (χ1n) is 8.65. The summed E-state index contributed by atoms with van der Waals surface area (Å²) in [6.07, 6.45) is 0.204. The Hall–Kier alpha value is -2.67. The van der Waals surface area contributed by atoms with Crippen molar-refractivity contribution in [2.75, 3.05) is 13.7 Å². The van der Waals surface area contributed by atoms with Gasteiger partial charge in [-0.1, -0.05) is 12.1 Å². The molecule has 0 bridgehead atoms. The number of carbonyl (C=O) groups is 3. The molecule has 0 unspecified atom stereocenters. The number of ketones is 1. The van der Waals surface area contributed by atoms with E-state index in [1.54, 1.807) is 18.4 Å². The molecule has 0 saturated carbocycles. The van der Waals surface area contributed by atoms with Crippen molar-refractivity contribution >= 4 is 28.9 Å². The summed E-state index contributed by atoms with van der Waals surface area (Å²) in [5.41, 5.74) is 1.62. The summed E-state index contributed by atoms with van der Waals surface area (Å²) in [4.78, 5) is 37.9. The largest absolute Gasteiger partial charge is 0.497 e. The molecule has 27 heavy (non-hydrogen) atoms. The van der Waals surface area contributed by atoms with Crippen LogP contribution in [0, 0.1) is 13.8 Å². The van der Waals surface area contributed by atoms with E-state index < -0.39 is 0 Å². The van der Waals surface area contributed by atoms with Gasteiger partial charge in [-0.05, 0) is 37.6 Å². The van der Waals surface area contributed by atoms with Gasteiger partial charge in [0.05, 0.1) is 13.7 Å². The third-order valence-electron chi connectivity index (χ3n) is 4.02. The lowest BCUT2D eigenvalue weighted by atomic mass is 10.1. The van der Waals surface area contributed by atoms with Crippen molar-refractivity contribution in [2.45, 2.75) is 33.2 Å². The minimum atomic E-state index is -0.312. The molecule has 0 spiro atoms. The first-order valence-corrected chi connectivity index (χ1v) is 9.47. The predicted octanol–water partition coefficient (Wildman–Crippen LogP) is 2.77. The van der Waals surface area contributed by atoms with E-state index >= 15 is 0 Å². The van der Waals surface area contributed by atoms with E-state index in [1.807, 2.05) is 44.2 Å². The van der Waals surface area contributed by atoms with E-state index in [9.17, 15) is 14.4 Å². The second kappa shape index (κ2) is 9.87. The fourth-order valence-electron chi connectivity index (χ4n) is 2.54. The molecule has 0 aliphatic heterocycles. The Labute approximate surface area is 162 Å². The fourth-order valence-corrected chi connectivity index (χ4v) is 3.49. The number of hydrogen-bond donors (Lipinski definition) is 2. The lowest BCUT2D eigenvalue weighted by molar-refractivity contribution is -0.126. The van der Waals surface area contributed by atoms with Gasteiger partial charge >= 0.3 is 0 Å². The van der Waals surface area contributed by atoms with E-state index in [2.05, 4.69) is 10.6 Å². The second-order valence-corrected chi connectivity index (χ2v) is 7.61. The molecule has 2 amide bonds. The third kappa shape index (κ3) is 6.53. The number of rotatable bonds is 9. The number of carbonyl (C=O) groups excluding carboxylic acids is 3. The smallest absolute Gasteiger partial charge is 0.239 e. The van der Waals surface area contributed by atoms with Crippen LogP contribution in [0.15, 0.2) is 30.3 Å². The number of benzene rings is 1. The second-order valence-electron chi connectivity index (χ2n) is 6.15. The fraction of sp³-hybridized carbons (Fsp3) is 0.350. The van der Waals surface area contributed by atoms with E-state index in [1.165, 1.54) is 0 Å². The maximum absolute atomic E-state index is 12.2. The Kier molecular flexibility index (Phi) is 7.55. The summed E-state index contributed by atoms with van der Waals surface area (Å²) in [5.74, 6) is 0.109. The van der Waals surface area contributed by atoms with Crippen LogP contribution in [0.2, 0.25) is 0 Å². The van der Waals surface area contributed by atoms with Crippen LogP contribution in [0.5, 0.6) is 5.75 Å². The molecule has 2 rings (SSSR count). The zero-order valence-electron chi connectivity index (χ0n) is 15.8. The maximum Gasteiger partial charge on any atom is 0.239 e. The number of nitrogens with one attached hydrogen (secondary N) is 2. The van der Waals surface area contributed by atoms with Crippen LogP contribution < -0.4 is 15.4 Å². The summed E-state index contributed by atoms with van der Waals surface area (Å²) in [6.45, 7) is 4.11. The van der Waals surface area contributed by atoms with Crippen LogP contribution in [0.4, 0.5) is 0 Å². The first-order chi connectivity index (χ1) is 12.9. The molecular formula is C20H24N2O4S. The van der Waals surface area contributed by atoms with Gasteiger partial charge in [0.15, 0.2) is 5.78 Å². The minimum Gasteiger partial charge on any atom is -0.497 e. The maximum atomic E-state index is 12.2. The number of ether oxygens (including phenoxy) is 1. The van der Waals surface area contributed by atoms with Gasteiger partial charge in [-0.3, -0.25) is 14.4 Å². The number of Topliss-reactive ketones (excluding diaryl/α,β-unsaturated/α-hetero) is 1. The van der Waals surface area contributed by atoms with Crippen molar-refractivity contribution in [3.8, 4) is 5.75 Å². The lowest BCUT2D eigenvalue weighted by Crippen LogP contribution is -2.36. The third-order valence-corrected chi connectivity index (χ3v) is 4.98. The number of hydrogen-bond acceptors (Lipinski definition) is 5. The summed E-state index contributed by atoms with van der Waals surface area (Å²) in [7, 11) is 1.59. The Bertz CT molecular complexity index is 812. The van der Waals surface area contributed by atoms with Crippen molar-refractivity contribution in [2.24, 2.45) is 0 Å². The number of thiophene rings is 1. The molecule has 1 aromatic heterocycles. The molecule has 1 heterocycles. The summed E-state index contributed by atoms with van der Waals surface area (Å²) < 4.78 is 5.08. The van der Waals surface area contributed by atoms with Crippen molar-refractivity contribution in [1.82, 2.24) is 10.6 Å². The molecule has 2 N–H and O–H groups in total. The highest BCUT2D eigenvalue weighted by Gasteiger charge is 2.14. The zero-order valence-corrected chi connectivity index (χ0v) is 16.6. The minimum absolute atomic E-state index is 0.0454. The zero-order chi connectivity index (χ0) is 19.8. The summed E-state index contributed by atoms with van der Waals surface area (Å²) in [5, 5.41) is 5.28. The first kappa shape index (κ1) is 20.6. The predicted molar refractivity (Wildman–Crippen MR) is 105 cm³/mol. The lowest BCUT2D eigenvalue weighted by Gasteiger charge is -2.08. The van der Waals surface area contributed by atoms with Gasteiger partial charge in [0, 0.05) is 34.7 Å². The van der Waals surface area contributed by atoms with Crippen LogP contribution >= 0.6 is 11.3 Å². The van der Waals surface area contributed by atoms with Gasteiger partial charge in [-0.2, -0.15) is 0 Å². The van der Waals surface area contributed by atoms with Crippen LogP contribution in [-0.2, 0) is 16.1 Å². The highest BCUT2D eigenvalue weighted by molar-refractivity contribution is 7.12. The molecule has 7 heteroatoms. The van der Waals surface area contributed by atoms with Gasteiger partial charge in [-0.25, -0.2) is 0 Å². The SMILES string of the molecule is COc1ccc(CNC(=O)CNC(=O)CCC(=O)c2cc(C)sc2C)cc1. The summed E-state index contributed by atoms with van der Waals surface area (Å²) >= 11 is 1.57. The molecule has 0 aliphatic rings. The van der Waals surface area contributed by atoms with Gasteiger partial charge in [0.2, 0.25) is 11.8 Å². The number of aryl methyl sites for hydroxylation is 2. The van der Waals surface area contributed by atoms with Gasteiger partial charge < -0.3 is 15.4 Å². The average Bonchev–Trinajstić information content (AvgIpc) is 3.01. The molecule has 0 fully saturated rings. The van der Waals surface area contributed by atoms with Gasteiger partial charge in [0.1, 0.15) is 5.75 Å². The molecular weight excluding hydrogens is 364 g/mol. The summed E-state index contributed by atoms with van der Waals surface area (Å²) in [6, 6.07) is 9.20. The van der Waals surface area contributed by atoms with Crippen molar-refractivity contribution in [3.05, 3.63) is 51.2 Å². The van der Waals surface area contributed by atoms with Crippen LogP contribution in [0.1, 0.15) is 38.5 Å². The molecule has 0 saturated heterocycles. The number of methoxy groups -OCH3 is 1. The molecule has 0 atom stereocenters. The number of amides is 2. The van der Waals surface area contributed by atoms with Crippen LogP contribution in [0.25, 0.3) is 0 Å². The van der Waals surface area contributed by atoms with E-state index in [0.29, 0.717) is 12.1 Å². The monoisotopic (exact) mass is 388 g/mol. The highest BCUT2D eigenvalue weighted by atomic mass is 32.1. The standard InChI is InChI=1S/C20H24N2O4S/c1-13-10-17(14(2)27-13)18(23)8-9-19(24)22-12-20(25)21-11-15-4-6-16(26-3)7-5-15/h4-7,10H,8-9,11-12H2,1-3H3,(H,21,25)(H,22,24). The topological polar surface area (TPSA) is 84.5 Å². The van der Waals surface area contributed by atoms with Crippen LogP contribution in [0.3, 0.4) is 0 Å². The normalized spacial score (nSPS) is 10.3. The Morgan fingerprint density at radius 1 is 1.00 bits per heavy atom. The quantitative estimate of drug-likeness (QED) is 0.647. The van der Waals surface area contributed by atoms with Crippen molar-refractivity contribution < 1.29 is 19.1 Å². The van der Waals surface area contributed by atoms with E-state index in [4.69, 9.17) is 4.74 Å². The molecule has 144 valence electrons. The average molecular weight is 388 g/mol. The van der Waals surface area contributed by atoms with Gasteiger partial charge in [0.25, 0.3) is 0 Å². The van der Waals surface area contributed by atoms with Gasteiger partial charge in [-0.15, -0.1) is 11.3 Å². The van der Waals surface area contributed by atoms with Crippen molar-refractivity contribution in [1.29, 1.82) is 0 Å². The molecule has 2 aromatic rings. The molecule has 1 aromatic carbocycles. The molecule has 6 nitrogen and oxygen atoms in total. The Morgan fingerprint density at radius 3 is 2.30 bits per heavy atom. The highest BCUT2D eigenvalue weighted by Crippen LogP contribution is 2.22. The Morgan fingerprint density at radius 2 is 1.70 bits per heavy atom. The van der Waals surface area contributed by atoms with Crippen molar-refractivity contribution in [3.63, 3.8) is 0 Å². The van der Waals surface area contributed by atoms with E-state index in [0.717, 1.165) is 21.1 Å². The van der Waals surface area contributed by atoms with E-state index in [-0.39, 0.29) is 37.0 Å². The molecule has 0 aliphatic carbocycles. The van der Waals surface area contributed by atoms with Crippen LogP contribution in [-0.4, -0.2) is 31.3 Å². The Balaban J connectivity index is 1.67.